The smallest absolute Gasteiger partial charge is 0.148 e. The number of hydrazine groups is 1. The van der Waals surface area contributed by atoms with Crippen molar-refractivity contribution in [1.82, 2.24) is 9.97 Å². The number of nitrogen functional groups attached to an aromatic ring is 1. The molecule has 0 amide bonds. The standard InChI is InChI=1S/C11H21N5O/c1-8(2)6-17-5-4-13-10-9(3)11(16-12)15-7-14-10/h7-8H,4-6,12H2,1-3H3,(H2,13,14,15,16). The van der Waals surface area contributed by atoms with Gasteiger partial charge in [-0.15, -0.1) is 0 Å². The normalized spacial score (nSPS) is 10.6. The van der Waals surface area contributed by atoms with E-state index in [2.05, 4.69) is 34.6 Å². The number of hydrogen-bond acceptors (Lipinski definition) is 6. The minimum absolute atomic E-state index is 0.559. The van der Waals surface area contributed by atoms with Crippen LogP contribution in [0.5, 0.6) is 0 Å². The van der Waals surface area contributed by atoms with Gasteiger partial charge in [0.05, 0.1) is 6.61 Å². The Morgan fingerprint density at radius 2 is 2.06 bits per heavy atom. The third-order valence-electron chi connectivity index (χ3n) is 2.21. The summed E-state index contributed by atoms with van der Waals surface area (Å²) in [5.41, 5.74) is 3.43. The van der Waals surface area contributed by atoms with Crippen molar-refractivity contribution in [3.63, 3.8) is 0 Å². The van der Waals surface area contributed by atoms with Crippen LogP contribution in [-0.2, 0) is 4.74 Å². The Bertz CT molecular complexity index is 343. The molecule has 0 atom stereocenters. The second-order valence-electron chi connectivity index (χ2n) is 4.24. The van der Waals surface area contributed by atoms with Gasteiger partial charge in [-0.2, -0.15) is 0 Å². The van der Waals surface area contributed by atoms with Crippen molar-refractivity contribution >= 4 is 11.6 Å². The molecule has 0 aliphatic heterocycles. The zero-order chi connectivity index (χ0) is 12.7. The van der Waals surface area contributed by atoms with Crippen LogP contribution in [0.2, 0.25) is 0 Å². The van der Waals surface area contributed by atoms with E-state index in [4.69, 9.17) is 10.6 Å². The molecular weight excluding hydrogens is 218 g/mol. The lowest BCUT2D eigenvalue weighted by Crippen LogP contribution is -2.16. The summed E-state index contributed by atoms with van der Waals surface area (Å²) in [6.45, 7) is 8.32. The van der Waals surface area contributed by atoms with Crippen LogP contribution in [0.1, 0.15) is 19.4 Å². The van der Waals surface area contributed by atoms with E-state index in [0.717, 1.165) is 18.0 Å². The summed E-state index contributed by atoms with van der Waals surface area (Å²) in [5, 5.41) is 3.19. The van der Waals surface area contributed by atoms with Crippen LogP contribution in [0.4, 0.5) is 11.6 Å². The summed E-state index contributed by atoms with van der Waals surface area (Å²) in [6, 6.07) is 0. The molecule has 0 aliphatic carbocycles. The van der Waals surface area contributed by atoms with E-state index in [-0.39, 0.29) is 0 Å². The lowest BCUT2D eigenvalue weighted by molar-refractivity contribution is 0.118. The SMILES string of the molecule is Cc1c(NN)ncnc1NCCOCC(C)C. The van der Waals surface area contributed by atoms with Crippen molar-refractivity contribution in [1.29, 1.82) is 0 Å². The summed E-state index contributed by atoms with van der Waals surface area (Å²) in [7, 11) is 0. The van der Waals surface area contributed by atoms with Crippen LogP contribution in [0.3, 0.4) is 0 Å². The van der Waals surface area contributed by atoms with Crippen LogP contribution >= 0.6 is 0 Å². The van der Waals surface area contributed by atoms with Gasteiger partial charge in [0.2, 0.25) is 0 Å². The molecule has 0 unspecified atom stereocenters. The fourth-order valence-electron chi connectivity index (χ4n) is 1.33. The second-order valence-corrected chi connectivity index (χ2v) is 4.24. The van der Waals surface area contributed by atoms with Gasteiger partial charge in [0.25, 0.3) is 0 Å². The van der Waals surface area contributed by atoms with Gasteiger partial charge in [-0.1, -0.05) is 13.8 Å². The van der Waals surface area contributed by atoms with Crippen molar-refractivity contribution in [2.75, 3.05) is 30.5 Å². The molecule has 0 fully saturated rings. The monoisotopic (exact) mass is 239 g/mol. The molecule has 0 radical (unpaired) electrons. The third kappa shape index (κ3) is 4.54. The Kier molecular flexibility index (Phi) is 5.65. The maximum atomic E-state index is 5.47. The molecule has 6 heteroatoms. The Balaban J connectivity index is 2.36. The molecule has 1 heterocycles. The molecule has 17 heavy (non-hydrogen) atoms. The molecule has 0 bridgehead atoms. The predicted octanol–water partition coefficient (Wildman–Crippen LogP) is 1.16. The van der Waals surface area contributed by atoms with E-state index in [0.29, 0.717) is 24.9 Å². The summed E-state index contributed by atoms with van der Waals surface area (Å²) < 4.78 is 5.47. The predicted molar refractivity (Wildman–Crippen MR) is 68.7 cm³/mol. The molecule has 0 saturated carbocycles. The fraction of sp³-hybridized carbons (Fsp3) is 0.636. The summed E-state index contributed by atoms with van der Waals surface area (Å²) in [4.78, 5) is 8.15. The molecule has 4 N–H and O–H groups in total. The number of hydrogen-bond donors (Lipinski definition) is 3. The Morgan fingerprint density at radius 1 is 1.35 bits per heavy atom. The van der Waals surface area contributed by atoms with E-state index in [1.54, 1.807) is 0 Å². The quantitative estimate of drug-likeness (QED) is 0.376. The molecule has 0 aromatic carbocycles. The van der Waals surface area contributed by atoms with Gasteiger partial charge in [0.1, 0.15) is 18.0 Å². The van der Waals surface area contributed by atoms with Gasteiger partial charge in [-0.05, 0) is 12.8 Å². The largest absolute Gasteiger partial charge is 0.379 e. The molecule has 96 valence electrons. The van der Waals surface area contributed by atoms with Crippen molar-refractivity contribution in [3.8, 4) is 0 Å². The minimum atomic E-state index is 0.559. The van der Waals surface area contributed by atoms with E-state index >= 15 is 0 Å². The number of nitrogens with one attached hydrogen (secondary N) is 2. The molecule has 0 saturated heterocycles. The number of aromatic nitrogens is 2. The summed E-state index contributed by atoms with van der Waals surface area (Å²) >= 11 is 0. The maximum Gasteiger partial charge on any atom is 0.148 e. The maximum absolute atomic E-state index is 5.47. The molecule has 0 aliphatic rings. The topological polar surface area (TPSA) is 85.1 Å². The second kappa shape index (κ2) is 7.03. The fourth-order valence-corrected chi connectivity index (χ4v) is 1.33. The van der Waals surface area contributed by atoms with Crippen LogP contribution in [0.15, 0.2) is 6.33 Å². The van der Waals surface area contributed by atoms with Crippen molar-refractivity contribution < 1.29 is 4.74 Å². The lowest BCUT2D eigenvalue weighted by atomic mass is 10.2. The number of rotatable bonds is 7. The minimum Gasteiger partial charge on any atom is -0.379 e. The molecule has 1 aromatic heterocycles. The first-order valence-corrected chi connectivity index (χ1v) is 5.75. The van der Waals surface area contributed by atoms with Gasteiger partial charge >= 0.3 is 0 Å². The van der Waals surface area contributed by atoms with Crippen molar-refractivity contribution in [2.45, 2.75) is 20.8 Å². The zero-order valence-corrected chi connectivity index (χ0v) is 10.7. The van der Waals surface area contributed by atoms with Crippen molar-refractivity contribution in [3.05, 3.63) is 11.9 Å². The first-order chi connectivity index (χ1) is 8.15. The summed E-state index contributed by atoms with van der Waals surface area (Å²) in [5.74, 6) is 7.30. The highest BCUT2D eigenvalue weighted by Gasteiger charge is 2.04. The Labute approximate surface area is 102 Å². The van der Waals surface area contributed by atoms with Gasteiger partial charge in [-0.3, -0.25) is 0 Å². The average Bonchev–Trinajstić information content (AvgIpc) is 2.30. The zero-order valence-electron chi connectivity index (χ0n) is 10.7. The van der Waals surface area contributed by atoms with Gasteiger partial charge in [0.15, 0.2) is 0 Å². The average molecular weight is 239 g/mol. The number of nitrogens with zero attached hydrogens (tertiary/aromatic N) is 2. The van der Waals surface area contributed by atoms with Crippen LogP contribution in [0.25, 0.3) is 0 Å². The highest BCUT2D eigenvalue weighted by Crippen LogP contribution is 2.16. The highest BCUT2D eigenvalue weighted by molar-refractivity contribution is 5.55. The highest BCUT2D eigenvalue weighted by atomic mass is 16.5. The first kappa shape index (κ1) is 13.7. The van der Waals surface area contributed by atoms with E-state index in [9.17, 15) is 0 Å². The van der Waals surface area contributed by atoms with Crippen LogP contribution in [-0.4, -0.2) is 29.7 Å². The van der Waals surface area contributed by atoms with Gasteiger partial charge < -0.3 is 15.5 Å². The van der Waals surface area contributed by atoms with E-state index in [1.807, 2.05) is 6.92 Å². The Hall–Kier alpha value is -1.40. The first-order valence-electron chi connectivity index (χ1n) is 5.75. The third-order valence-corrected chi connectivity index (χ3v) is 2.21. The Morgan fingerprint density at radius 3 is 2.71 bits per heavy atom. The summed E-state index contributed by atoms with van der Waals surface area (Å²) in [6.07, 6.45) is 1.47. The molecule has 0 spiro atoms. The van der Waals surface area contributed by atoms with Crippen molar-refractivity contribution in [2.24, 2.45) is 11.8 Å². The number of ether oxygens (including phenoxy) is 1. The molecule has 1 rings (SSSR count). The van der Waals surface area contributed by atoms with Crippen LogP contribution in [0, 0.1) is 12.8 Å². The lowest BCUT2D eigenvalue weighted by Gasteiger charge is -2.11. The molecular formula is C11H21N5O. The van der Waals surface area contributed by atoms with Gasteiger partial charge in [0, 0.05) is 18.7 Å². The molecule has 1 aromatic rings. The van der Waals surface area contributed by atoms with E-state index in [1.165, 1.54) is 6.33 Å². The number of anilines is 2. The van der Waals surface area contributed by atoms with E-state index < -0.39 is 0 Å². The number of nitrogens with two attached hydrogens (primary N) is 1. The van der Waals surface area contributed by atoms with Crippen LogP contribution < -0.4 is 16.6 Å². The molecule has 6 nitrogen and oxygen atoms in total. The van der Waals surface area contributed by atoms with Gasteiger partial charge in [-0.25, -0.2) is 15.8 Å².